The van der Waals surface area contributed by atoms with Gasteiger partial charge in [0.15, 0.2) is 0 Å². The zero-order valence-electron chi connectivity index (χ0n) is 12.7. The Labute approximate surface area is 123 Å². The van der Waals surface area contributed by atoms with E-state index in [1.807, 2.05) is 26.0 Å². The van der Waals surface area contributed by atoms with Crippen LogP contribution in [0.5, 0.6) is 0 Å². The van der Waals surface area contributed by atoms with E-state index >= 15 is 0 Å². The van der Waals surface area contributed by atoms with Crippen LogP contribution in [-0.2, 0) is 0 Å². The van der Waals surface area contributed by atoms with Gasteiger partial charge in [0.25, 0.3) is 0 Å². The molecule has 0 aliphatic heterocycles. The number of aryl methyl sites for hydroxylation is 3. The number of hydrogen-bond donors (Lipinski definition) is 0. The minimum atomic E-state index is 0.187. The van der Waals surface area contributed by atoms with E-state index in [4.69, 9.17) is 0 Å². The highest BCUT2D eigenvalue weighted by Gasteiger charge is 2.07. The van der Waals surface area contributed by atoms with E-state index in [1.165, 1.54) is 16.7 Å². The van der Waals surface area contributed by atoms with E-state index in [2.05, 4.69) is 39.0 Å². The highest BCUT2D eigenvalue weighted by Crippen LogP contribution is 2.22. The lowest BCUT2D eigenvalue weighted by Crippen LogP contribution is -2.21. The van der Waals surface area contributed by atoms with Gasteiger partial charge in [0.05, 0.1) is 0 Å². The SMILES string of the molecule is Cc1ccc(P=C([O-])c2c(C)cc(C)c(C)c2C)cc1. The number of hydrogen-bond acceptors (Lipinski definition) is 1. The standard InChI is InChI=1S/C18H21OP/c1-11-6-8-16(9-7-11)20-18(19)17-13(3)10-12(2)14(4)15(17)5/h6-10,19H,1-5H3/p-1. The predicted molar refractivity (Wildman–Crippen MR) is 87.2 cm³/mol. The first-order chi connectivity index (χ1) is 9.40. The molecule has 0 aliphatic rings. The molecule has 0 fully saturated rings. The first-order valence-corrected chi connectivity index (χ1v) is 7.69. The molecule has 1 nitrogen and oxygen atoms in total. The maximum Gasteiger partial charge on any atom is 0.000825 e. The normalized spacial score (nSPS) is 11.8. The molecule has 20 heavy (non-hydrogen) atoms. The third-order valence-corrected chi connectivity index (χ3v) is 4.82. The Kier molecular flexibility index (Phi) is 4.42. The summed E-state index contributed by atoms with van der Waals surface area (Å²) in [4.78, 5) is 0. The number of rotatable bonds is 2. The van der Waals surface area contributed by atoms with Crippen LogP contribution in [0.25, 0.3) is 0 Å². The minimum Gasteiger partial charge on any atom is -0.823 e. The molecular formula is C18H20OP-. The minimum absolute atomic E-state index is 0.187. The van der Waals surface area contributed by atoms with Crippen molar-refractivity contribution in [2.45, 2.75) is 34.6 Å². The molecule has 2 heteroatoms. The lowest BCUT2D eigenvalue weighted by atomic mass is 9.95. The molecule has 0 atom stereocenters. The second kappa shape index (κ2) is 5.91. The Morgan fingerprint density at radius 1 is 0.850 bits per heavy atom. The number of benzene rings is 2. The molecule has 2 aromatic carbocycles. The lowest BCUT2D eigenvalue weighted by Gasteiger charge is -2.21. The maximum atomic E-state index is 12.6. The van der Waals surface area contributed by atoms with Gasteiger partial charge >= 0.3 is 0 Å². The van der Waals surface area contributed by atoms with Gasteiger partial charge in [0.1, 0.15) is 0 Å². The van der Waals surface area contributed by atoms with Crippen LogP contribution in [0.4, 0.5) is 0 Å². The Morgan fingerprint density at radius 3 is 2.05 bits per heavy atom. The average molecular weight is 283 g/mol. The molecular weight excluding hydrogens is 263 g/mol. The summed E-state index contributed by atoms with van der Waals surface area (Å²) in [5.41, 5.74) is 6.96. The predicted octanol–water partition coefficient (Wildman–Crippen LogP) is 3.34. The van der Waals surface area contributed by atoms with Crippen molar-refractivity contribution in [3.63, 3.8) is 0 Å². The Bertz CT molecular complexity index is 667. The van der Waals surface area contributed by atoms with Crippen molar-refractivity contribution in [2.24, 2.45) is 0 Å². The third kappa shape index (κ3) is 3.00. The van der Waals surface area contributed by atoms with Gasteiger partial charge in [-0.25, -0.2) is 0 Å². The molecule has 104 valence electrons. The monoisotopic (exact) mass is 283 g/mol. The Morgan fingerprint density at radius 2 is 1.45 bits per heavy atom. The van der Waals surface area contributed by atoms with Crippen molar-refractivity contribution in [2.75, 3.05) is 0 Å². The zero-order valence-corrected chi connectivity index (χ0v) is 13.6. The fraction of sp³-hybridized carbons (Fsp3) is 0.278. The fourth-order valence-electron chi connectivity index (χ4n) is 2.41. The summed E-state index contributed by atoms with van der Waals surface area (Å²) < 4.78 is 0. The molecule has 0 radical (unpaired) electrons. The van der Waals surface area contributed by atoms with Gasteiger partial charge in [-0.15, -0.1) is 5.48 Å². The molecule has 0 aromatic heterocycles. The van der Waals surface area contributed by atoms with Gasteiger partial charge in [-0.05, 0) is 62.4 Å². The largest absolute Gasteiger partial charge is 0.823 e. The fourth-order valence-corrected chi connectivity index (χ4v) is 3.39. The summed E-state index contributed by atoms with van der Waals surface area (Å²) in [5, 5.41) is 13.6. The van der Waals surface area contributed by atoms with Crippen LogP contribution in [-0.4, -0.2) is 5.48 Å². The van der Waals surface area contributed by atoms with Gasteiger partial charge in [-0.1, -0.05) is 44.1 Å². The topological polar surface area (TPSA) is 23.1 Å². The van der Waals surface area contributed by atoms with Gasteiger partial charge in [-0.3, -0.25) is 0 Å². The van der Waals surface area contributed by atoms with Gasteiger partial charge in [0.2, 0.25) is 0 Å². The van der Waals surface area contributed by atoms with Crippen molar-refractivity contribution >= 4 is 19.0 Å². The highest BCUT2D eigenvalue weighted by atomic mass is 31.1. The zero-order chi connectivity index (χ0) is 14.9. The molecule has 0 unspecified atom stereocenters. The van der Waals surface area contributed by atoms with Crippen molar-refractivity contribution in [3.05, 3.63) is 63.7 Å². The van der Waals surface area contributed by atoms with E-state index in [0.29, 0.717) is 0 Å². The highest BCUT2D eigenvalue weighted by molar-refractivity contribution is 7.49. The molecule has 0 heterocycles. The molecule has 0 saturated carbocycles. The van der Waals surface area contributed by atoms with Crippen LogP contribution in [0.2, 0.25) is 0 Å². The molecule has 0 N–H and O–H groups in total. The van der Waals surface area contributed by atoms with E-state index in [9.17, 15) is 5.11 Å². The second-order valence-corrected chi connectivity index (χ2v) is 6.53. The van der Waals surface area contributed by atoms with Crippen LogP contribution >= 0.6 is 8.20 Å². The summed E-state index contributed by atoms with van der Waals surface area (Å²) in [6.07, 6.45) is 0. The van der Waals surface area contributed by atoms with E-state index in [0.717, 1.165) is 30.2 Å². The first-order valence-electron chi connectivity index (χ1n) is 6.80. The van der Waals surface area contributed by atoms with Crippen LogP contribution in [0.1, 0.15) is 33.4 Å². The van der Waals surface area contributed by atoms with Gasteiger partial charge < -0.3 is 5.11 Å². The van der Waals surface area contributed by atoms with Gasteiger partial charge in [-0.2, -0.15) is 0 Å². The second-order valence-electron chi connectivity index (χ2n) is 5.39. The van der Waals surface area contributed by atoms with Crippen molar-refractivity contribution in [3.8, 4) is 0 Å². The molecule has 0 amide bonds. The van der Waals surface area contributed by atoms with Gasteiger partial charge in [0, 0.05) is 5.30 Å². The summed E-state index contributed by atoms with van der Waals surface area (Å²) in [6, 6.07) is 10.3. The average Bonchev–Trinajstić information content (AvgIpc) is 2.39. The summed E-state index contributed by atoms with van der Waals surface area (Å²) >= 11 is 0. The summed E-state index contributed by atoms with van der Waals surface area (Å²) in [6.45, 7) is 10.3. The Balaban J connectivity index is 2.51. The van der Waals surface area contributed by atoms with E-state index in [-0.39, 0.29) is 5.48 Å². The third-order valence-electron chi connectivity index (χ3n) is 3.83. The summed E-state index contributed by atoms with van der Waals surface area (Å²) in [7, 11) is 0.754. The van der Waals surface area contributed by atoms with Crippen LogP contribution in [0.3, 0.4) is 0 Å². The molecule has 2 rings (SSSR count). The van der Waals surface area contributed by atoms with Crippen LogP contribution < -0.4 is 10.4 Å². The van der Waals surface area contributed by atoms with E-state index < -0.39 is 0 Å². The maximum absolute atomic E-state index is 12.6. The molecule has 2 aromatic rings. The molecule has 0 saturated heterocycles. The summed E-state index contributed by atoms with van der Waals surface area (Å²) in [5.74, 6) is 0. The van der Waals surface area contributed by atoms with Crippen molar-refractivity contribution in [1.82, 2.24) is 0 Å². The first kappa shape index (κ1) is 15.0. The van der Waals surface area contributed by atoms with Crippen LogP contribution in [0, 0.1) is 34.6 Å². The van der Waals surface area contributed by atoms with E-state index in [1.54, 1.807) is 0 Å². The lowest BCUT2D eigenvalue weighted by molar-refractivity contribution is -0.207. The quantitative estimate of drug-likeness (QED) is 0.775. The molecule has 0 spiro atoms. The van der Waals surface area contributed by atoms with Crippen molar-refractivity contribution < 1.29 is 5.11 Å². The van der Waals surface area contributed by atoms with Crippen molar-refractivity contribution in [1.29, 1.82) is 0 Å². The molecule has 0 aliphatic carbocycles. The Hall–Kier alpha value is -1.43. The van der Waals surface area contributed by atoms with Crippen LogP contribution in [0.15, 0.2) is 30.3 Å². The smallest absolute Gasteiger partial charge is 0.000825 e. The molecule has 0 bridgehead atoms.